The van der Waals surface area contributed by atoms with Gasteiger partial charge in [0.1, 0.15) is 0 Å². The highest BCUT2D eigenvalue weighted by Crippen LogP contribution is 2.41. The summed E-state index contributed by atoms with van der Waals surface area (Å²) in [5, 5.41) is 18.2. The largest absolute Gasteiger partial charge is 0.478 e. The molecule has 0 bridgehead atoms. The summed E-state index contributed by atoms with van der Waals surface area (Å²) in [6, 6.07) is 13.8. The Hall–Kier alpha value is -2.88. The van der Waals surface area contributed by atoms with Crippen LogP contribution in [0.2, 0.25) is 0 Å². The Kier molecular flexibility index (Phi) is 8.17. The number of aromatic carboxylic acids is 2. The molecule has 2 rings (SSSR count). The van der Waals surface area contributed by atoms with Crippen molar-refractivity contribution in [1.82, 2.24) is 0 Å². The summed E-state index contributed by atoms with van der Waals surface area (Å²) in [5.74, 6) is -1.89. The van der Waals surface area contributed by atoms with E-state index in [0.717, 1.165) is 28.7 Å². The molecule has 0 aliphatic carbocycles. The first-order valence-electron chi connectivity index (χ1n) is 9.56. The van der Waals surface area contributed by atoms with Gasteiger partial charge in [0, 0.05) is 0 Å². The molecule has 0 atom stereocenters. The van der Waals surface area contributed by atoms with Crippen molar-refractivity contribution in [2.24, 2.45) is 5.41 Å². The van der Waals surface area contributed by atoms with E-state index in [1.807, 2.05) is 38.1 Å². The van der Waals surface area contributed by atoms with Crippen molar-refractivity contribution < 1.29 is 19.8 Å². The second-order valence-corrected chi connectivity index (χ2v) is 7.22. The van der Waals surface area contributed by atoms with Crippen LogP contribution in [0.1, 0.15) is 79.8 Å². The Morgan fingerprint density at radius 3 is 1.32 bits per heavy atom. The summed E-state index contributed by atoms with van der Waals surface area (Å²) in [4.78, 5) is 22.2. The first-order valence-corrected chi connectivity index (χ1v) is 9.56. The minimum atomic E-state index is -0.946. The maximum absolute atomic E-state index is 11.1. The molecule has 4 nitrogen and oxygen atoms in total. The van der Waals surface area contributed by atoms with E-state index < -0.39 is 11.9 Å². The average molecular weight is 383 g/mol. The van der Waals surface area contributed by atoms with Gasteiger partial charge in [-0.2, -0.15) is 0 Å². The van der Waals surface area contributed by atoms with Crippen LogP contribution in [0.15, 0.2) is 48.5 Å². The fraction of sp³-hybridized carbons (Fsp3) is 0.333. The standard InChI is InChI=1S/C22H24O4.C2H6/c1-5-18(14-6-10-16(11-7-14)20(23)24)19(22(2,3)4)15-8-12-17(13-9-15)21(25)26;1-2/h6-13H,5H2,1-4H3,(H,23,24)(H,25,26);1-2H3/b19-18-;. The van der Waals surface area contributed by atoms with Crippen LogP contribution in [0.4, 0.5) is 0 Å². The van der Waals surface area contributed by atoms with Gasteiger partial charge in [0.05, 0.1) is 11.1 Å². The molecular formula is C24H30O4. The lowest BCUT2D eigenvalue weighted by atomic mass is 9.77. The van der Waals surface area contributed by atoms with Crippen LogP contribution in [0.5, 0.6) is 0 Å². The first kappa shape index (κ1) is 23.2. The molecule has 0 saturated heterocycles. The number of rotatable bonds is 5. The third-order valence-electron chi connectivity index (χ3n) is 4.31. The summed E-state index contributed by atoms with van der Waals surface area (Å²) >= 11 is 0. The van der Waals surface area contributed by atoms with Crippen molar-refractivity contribution in [1.29, 1.82) is 0 Å². The summed E-state index contributed by atoms with van der Waals surface area (Å²) in [5.41, 5.74) is 4.55. The third kappa shape index (κ3) is 5.56. The molecule has 4 heteroatoms. The molecule has 0 saturated carbocycles. The van der Waals surface area contributed by atoms with Crippen molar-refractivity contribution in [2.75, 3.05) is 0 Å². The molecule has 0 amide bonds. The van der Waals surface area contributed by atoms with Crippen molar-refractivity contribution in [3.05, 3.63) is 70.8 Å². The molecule has 0 aliphatic heterocycles. The molecule has 2 N–H and O–H groups in total. The molecule has 2 aromatic rings. The van der Waals surface area contributed by atoms with Crippen LogP contribution in [-0.2, 0) is 0 Å². The number of benzene rings is 2. The normalized spacial score (nSPS) is 11.8. The maximum Gasteiger partial charge on any atom is 0.335 e. The van der Waals surface area contributed by atoms with Crippen molar-refractivity contribution in [3.8, 4) is 0 Å². The monoisotopic (exact) mass is 382 g/mol. The quantitative estimate of drug-likeness (QED) is 0.581. The molecule has 0 spiro atoms. The van der Waals surface area contributed by atoms with Crippen LogP contribution in [-0.4, -0.2) is 22.2 Å². The van der Waals surface area contributed by atoms with E-state index in [2.05, 4.69) is 27.7 Å². The van der Waals surface area contributed by atoms with E-state index >= 15 is 0 Å². The highest BCUT2D eigenvalue weighted by molar-refractivity contribution is 5.95. The van der Waals surface area contributed by atoms with E-state index in [9.17, 15) is 9.59 Å². The van der Waals surface area contributed by atoms with E-state index in [4.69, 9.17) is 10.2 Å². The number of hydrogen-bond donors (Lipinski definition) is 2. The molecule has 0 unspecified atom stereocenters. The Balaban J connectivity index is 0.00000190. The molecule has 150 valence electrons. The fourth-order valence-corrected chi connectivity index (χ4v) is 3.18. The van der Waals surface area contributed by atoms with Gasteiger partial charge in [-0.05, 0) is 58.4 Å². The highest BCUT2D eigenvalue weighted by atomic mass is 16.4. The minimum absolute atomic E-state index is 0.165. The summed E-state index contributed by atoms with van der Waals surface area (Å²) in [6.45, 7) is 12.4. The van der Waals surface area contributed by atoms with Crippen LogP contribution in [0, 0.1) is 5.41 Å². The van der Waals surface area contributed by atoms with Gasteiger partial charge in [0.2, 0.25) is 0 Å². The zero-order valence-corrected chi connectivity index (χ0v) is 17.5. The average Bonchev–Trinajstić information content (AvgIpc) is 2.66. The number of carbonyl (C=O) groups is 2. The van der Waals surface area contributed by atoms with Crippen LogP contribution in [0.25, 0.3) is 11.1 Å². The Labute approximate surface area is 167 Å². The molecule has 2 aromatic carbocycles. The molecule has 0 aliphatic rings. The highest BCUT2D eigenvalue weighted by Gasteiger charge is 2.23. The minimum Gasteiger partial charge on any atom is -0.478 e. The molecule has 28 heavy (non-hydrogen) atoms. The first-order chi connectivity index (χ1) is 13.1. The molecule has 0 heterocycles. The van der Waals surface area contributed by atoms with E-state index in [-0.39, 0.29) is 16.5 Å². The van der Waals surface area contributed by atoms with Crippen molar-refractivity contribution in [2.45, 2.75) is 48.0 Å². The van der Waals surface area contributed by atoms with Gasteiger partial charge in [0.25, 0.3) is 0 Å². The van der Waals surface area contributed by atoms with Gasteiger partial charge in [0.15, 0.2) is 0 Å². The van der Waals surface area contributed by atoms with Gasteiger partial charge in [-0.25, -0.2) is 9.59 Å². The SMILES string of the molecule is CC.CC/C(=C(\c1ccc(C(=O)O)cc1)C(C)(C)C)c1ccc(C(=O)O)cc1. The van der Waals surface area contributed by atoms with Gasteiger partial charge in [-0.3, -0.25) is 0 Å². The van der Waals surface area contributed by atoms with E-state index in [1.54, 1.807) is 24.3 Å². The van der Waals surface area contributed by atoms with Gasteiger partial charge in [-0.1, -0.05) is 65.8 Å². The predicted molar refractivity (Wildman–Crippen MR) is 115 cm³/mol. The van der Waals surface area contributed by atoms with E-state index in [1.165, 1.54) is 0 Å². The van der Waals surface area contributed by atoms with Crippen molar-refractivity contribution >= 4 is 23.1 Å². The molecule has 0 fully saturated rings. The number of carboxylic acid groups (broad SMARTS) is 2. The number of hydrogen-bond acceptors (Lipinski definition) is 2. The number of allylic oxidation sites excluding steroid dienone is 2. The van der Waals surface area contributed by atoms with Crippen LogP contribution in [0.3, 0.4) is 0 Å². The Morgan fingerprint density at radius 1 is 0.714 bits per heavy atom. The topological polar surface area (TPSA) is 74.6 Å². The summed E-state index contributed by atoms with van der Waals surface area (Å²) in [7, 11) is 0. The predicted octanol–water partition coefficient (Wildman–Crippen LogP) is 6.48. The lowest BCUT2D eigenvalue weighted by Gasteiger charge is -2.28. The van der Waals surface area contributed by atoms with E-state index in [0.29, 0.717) is 0 Å². The fourth-order valence-electron chi connectivity index (χ4n) is 3.18. The number of carboxylic acids is 2. The maximum atomic E-state index is 11.1. The summed E-state index contributed by atoms with van der Waals surface area (Å²) < 4.78 is 0. The Morgan fingerprint density at radius 2 is 1.04 bits per heavy atom. The van der Waals surface area contributed by atoms with Gasteiger partial charge in [-0.15, -0.1) is 0 Å². The zero-order valence-electron chi connectivity index (χ0n) is 17.5. The lowest BCUT2D eigenvalue weighted by Crippen LogP contribution is -2.11. The van der Waals surface area contributed by atoms with Gasteiger partial charge < -0.3 is 10.2 Å². The zero-order chi connectivity index (χ0) is 21.5. The molecular weight excluding hydrogens is 352 g/mol. The summed E-state index contributed by atoms with van der Waals surface area (Å²) in [6.07, 6.45) is 0.777. The Bertz CT molecular complexity index is 836. The van der Waals surface area contributed by atoms with Gasteiger partial charge >= 0.3 is 11.9 Å². The second-order valence-electron chi connectivity index (χ2n) is 7.22. The molecule has 0 aromatic heterocycles. The van der Waals surface area contributed by atoms with Crippen LogP contribution < -0.4 is 0 Å². The smallest absolute Gasteiger partial charge is 0.335 e. The third-order valence-corrected chi connectivity index (χ3v) is 4.31. The molecule has 0 radical (unpaired) electrons. The van der Waals surface area contributed by atoms with Crippen LogP contribution >= 0.6 is 0 Å². The lowest BCUT2D eigenvalue weighted by molar-refractivity contribution is 0.0686. The van der Waals surface area contributed by atoms with Crippen molar-refractivity contribution in [3.63, 3.8) is 0 Å². The second kappa shape index (κ2) is 9.88.